The van der Waals surface area contributed by atoms with Crippen LogP contribution in [0, 0.1) is 0 Å². The van der Waals surface area contributed by atoms with E-state index in [0.29, 0.717) is 43.6 Å². The van der Waals surface area contributed by atoms with Crippen molar-refractivity contribution in [3.05, 3.63) is 18.2 Å². The van der Waals surface area contributed by atoms with Gasteiger partial charge in [-0.15, -0.1) is 0 Å². The van der Waals surface area contributed by atoms with Crippen LogP contribution in [0.25, 0.3) is 0 Å². The fourth-order valence-corrected chi connectivity index (χ4v) is 2.40. The first-order valence-corrected chi connectivity index (χ1v) is 7.33. The highest BCUT2D eigenvalue weighted by Gasteiger charge is 2.20. The predicted octanol–water partition coefficient (Wildman–Crippen LogP) is 0.691. The molecule has 0 radical (unpaired) electrons. The first-order chi connectivity index (χ1) is 10.7. The van der Waals surface area contributed by atoms with Crippen molar-refractivity contribution in [1.29, 1.82) is 0 Å². The number of hydrogen-bond acceptors (Lipinski definition) is 5. The van der Waals surface area contributed by atoms with Crippen molar-refractivity contribution < 1.29 is 23.8 Å². The number of hydrogen-bond donors (Lipinski definition) is 2. The number of amides is 2. The molecule has 1 aromatic rings. The van der Waals surface area contributed by atoms with Gasteiger partial charge in [-0.3, -0.25) is 9.59 Å². The van der Waals surface area contributed by atoms with Crippen LogP contribution in [0.1, 0.15) is 12.8 Å². The van der Waals surface area contributed by atoms with Gasteiger partial charge in [0.2, 0.25) is 0 Å². The van der Waals surface area contributed by atoms with Crippen molar-refractivity contribution in [3.63, 3.8) is 0 Å². The van der Waals surface area contributed by atoms with Crippen molar-refractivity contribution in [3.8, 4) is 11.5 Å². The lowest BCUT2D eigenvalue weighted by molar-refractivity contribution is -0.136. The van der Waals surface area contributed by atoms with E-state index in [-0.39, 0.29) is 6.10 Å². The van der Waals surface area contributed by atoms with E-state index in [2.05, 4.69) is 10.6 Å². The zero-order valence-corrected chi connectivity index (χ0v) is 12.1. The summed E-state index contributed by atoms with van der Waals surface area (Å²) in [7, 11) is 0. The summed E-state index contributed by atoms with van der Waals surface area (Å²) >= 11 is 0. The second-order valence-electron chi connectivity index (χ2n) is 5.16. The molecule has 1 saturated heterocycles. The van der Waals surface area contributed by atoms with Gasteiger partial charge in [0, 0.05) is 24.9 Å². The molecule has 0 bridgehead atoms. The van der Waals surface area contributed by atoms with E-state index >= 15 is 0 Å². The Balaban J connectivity index is 1.53. The Morgan fingerprint density at radius 3 is 2.68 bits per heavy atom. The van der Waals surface area contributed by atoms with E-state index in [1.54, 1.807) is 18.2 Å². The predicted molar refractivity (Wildman–Crippen MR) is 78.0 cm³/mol. The Morgan fingerprint density at radius 1 is 1.09 bits per heavy atom. The fourth-order valence-electron chi connectivity index (χ4n) is 2.40. The molecule has 0 saturated carbocycles. The van der Waals surface area contributed by atoms with Gasteiger partial charge >= 0.3 is 11.8 Å². The minimum atomic E-state index is -0.713. The molecule has 2 aliphatic heterocycles. The molecule has 0 unspecified atom stereocenters. The number of carbonyl (C=O) groups excluding carboxylic acids is 2. The van der Waals surface area contributed by atoms with Crippen LogP contribution in [0.15, 0.2) is 18.2 Å². The first-order valence-electron chi connectivity index (χ1n) is 7.33. The molecule has 0 aromatic heterocycles. The second kappa shape index (κ2) is 6.65. The Bertz CT molecular complexity index is 569. The molecule has 3 rings (SSSR count). The van der Waals surface area contributed by atoms with Crippen molar-refractivity contribution in [1.82, 2.24) is 5.32 Å². The summed E-state index contributed by atoms with van der Waals surface area (Å²) in [5.74, 6) is -0.198. The smallest absolute Gasteiger partial charge is 0.313 e. The summed E-state index contributed by atoms with van der Waals surface area (Å²) in [6, 6.07) is 5.01. The molecule has 7 heteroatoms. The zero-order chi connectivity index (χ0) is 15.4. The van der Waals surface area contributed by atoms with Crippen LogP contribution in [0.2, 0.25) is 0 Å². The molecule has 1 atom stereocenters. The molecule has 1 fully saturated rings. The molecule has 1 aromatic carbocycles. The summed E-state index contributed by atoms with van der Waals surface area (Å²) < 4.78 is 16.2. The third-order valence-corrected chi connectivity index (χ3v) is 3.52. The van der Waals surface area contributed by atoms with Crippen LogP contribution in [-0.4, -0.2) is 44.3 Å². The van der Waals surface area contributed by atoms with E-state index in [0.717, 1.165) is 12.8 Å². The first kappa shape index (κ1) is 14.6. The summed E-state index contributed by atoms with van der Waals surface area (Å²) in [4.78, 5) is 23.6. The summed E-state index contributed by atoms with van der Waals surface area (Å²) in [5, 5.41) is 5.11. The topological polar surface area (TPSA) is 85.9 Å². The lowest BCUT2D eigenvalue weighted by Crippen LogP contribution is -2.39. The van der Waals surface area contributed by atoms with Crippen LogP contribution in [0.3, 0.4) is 0 Å². The van der Waals surface area contributed by atoms with E-state index in [1.807, 2.05) is 0 Å². The summed E-state index contributed by atoms with van der Waals surface area (Å²) in [6.45, 7) is 2.04. The van der Waals surface area contributed by atoms with E-state index in [1.165, 1.54) is 0 Å². The lowest BCUT2D eigenvalue weighted by atomic mass is 10.2. The van der Waals surface area contributed by atoms with Gasteiger partial charge in [0.25, 0.3) is 0 Å². The molecule has 2 heterocycles. The van der Waals surface area contributed by atoms with E-state index in [4.69, 9.17) is 14.2 Å². The van der Waals surface area contributed by atoms with Gasteiger partial charge in [-0.05, 0) is 25.0 Å². The maximum atomic E-state index is 11.8. The largest absolute Gasteiger partial charge is 0.486 e. The highest BCUT2D eigenvalue weighted by Crippen LogP contribution is 2.32. The van der Waals surface area contributed by atoms with Crippen LogP contribution >= 0.6 is 0 Å². The molecule has 118 valence electrons. The number of benzene rings is 1. The molecule has 0 aliphatic carbocycles. The summed E-state index contributed by atoms with van der Waals surface area (Å²) in [6.07, 6.45) is 1.90. The van der Waals surface area contributed by atoms with Gasteiger partial charge < -0.3 is 24.8 Å². The Kier molecular flexibility index (Phi) is 4.43. The van der Waals surface area contributed by atoms with Gasteiger partial charge in [0.15, 0.2) is 11.5 Å². The Labute approximate surface area is 127 Å². The number of nitrogens with one attached hydrogen (secondary N) is 2. The third-order valence-electron chi connectivity index (χ3n) is 3.52. The van der Waals surface area contributed by atoms with Crippen LogP contribution in [0.5, 0.6) is 11.5 Å². The van der Waals surface area contributed by atoms with Crippen molar-refractivity contribution in [2.45, 2.75) is 18.9 Å². The van der Waals surface area contributed by atoms with E-state index in [9.17, 15) is 9.59 Å². The lowest BCUT2D eigenvalue weighted by Gasteiger charge is -2.19. The zero-order valence-electron chi connectivity index (χ0n) is 12.1. The molecule has 2 aliphatic rings. The number of fused-ring (bicyclic) bond motifs is 1. The minimum absolute atomic E-state index is 0.00560. The van der Waals surface area contributed by atoms with Crippen molar-refractivity contribution in [2.24, 2.45) is 0 Å². The molecule has 7 nitrogen and oxygen atoms in total. The maximum absolute atomic E-state index is 11.8. The average molecular weight is 306 g/mol. The van der Waals surface area contributed by atoms with Crippen LogP contribution in [-0.2, 0) is 14.3 Å². The normalized spacial score (nSPS) is 19.5. The number of rotatable bonds is 3. The molecule has 2 N–H and O–H groups in total. The van der Waals surface area contributed by atoms with Gasteiger partial charge in [-0.1, -0.05) is 0 Å². The highest BCUT2D eigenvalue weighted by molar-refractivity contribution is 6.39. The van der Waals surface area contributed by atoms with Crippen LogP contribution < -0.4 is 20.1 Å². The van der Waals surface area contributed by atoms with Crippen molar-refractivity contribution >= 4 is 17.5 Å². The highest BCUT2D eigenvalue weighted by atomic mass is 16.6. The minimum Gasteiger partial charge on any atom is -0.486 e. The molecule has 2 amide bonds. The van der Waals surface area contributed by atoms with E-state index < -0.39 is 11.8 Å². The SMILES string of the molecule is O=C(NC[C@H]1CCCO1)C(=O)Nc1ccc2c(c1)OCCO2. The molecular formula is C15H18N2O5. The molecule has 0 spiro atoms. The fraction of sp³-hybridized carbons (Fsp3) is 0.467. The molecular weight excluding hydrogens is 288 g/mol. The van der Waals surface area contributed by atoms with Gasteiger partial charge in [-0.25, -0.2) is 0 Å². The summed E-state index contributed by atoms with van der Waals surface area (Å²) in [5.41, 5.74) is 0.488. The van der Waals surface area contributed by atoms with Gasteiger partial charge in [-0.2, -0.15) is 0 Å². The number of anilines is 1. The monoisotopic (exact) mass is 306 g/mol. The van der Waals surface area contributed by atoms with Gasteiger partial charge in [0.05, 0.1) is 6.10 Å². The maximum Gasteiger partial charge on any atom is 0.313 e. The van der Waals surface area contributed by atoms with Gasteiger partial charge in [0.1, 0.15) is 13.2 Å². The Morgan fingerprint density at radius 2 is 1.91 bits per heavy atom. The number of carbonyl (C=O) groups is 2. The third kappa shape index (κ3) is 3.48. The quantitative estimate of drug-likeness (QED) is 0.803. The molecule has 22 heavy (non-hydrogen) atoms. The average Bonchev–Trinajstić information content (AvgIpc) is 3.06. The second-order valence-corrected chi connectivity index (χ2v) is 5.16. The standard InChI is InChI=1S/C15H18N2O5/c18-14(16-9-11-2-1-5-20-11)15(19)17-10-3-4-12-13(8-10)22-7-6-21-12/h3-4,8,11H,1-2,5-7,9H2,(H,16,18)(H,17,19)/t11-/m1/s1. The van der Waals surface area contributed by atoms with Crippen LogP contribution in [0.4, 0.5) is 5.69 Å². The van der Waals surface area contributed by atoms with Crippen molar-refractivity contribution in [2.75, 3.05) is 31.7 Å². The Hall–Kier alpha value is -2.28. The number of ether oxygens (including phenoxy) is 3.